The molecule has 4 rings (SSSR count). The molecule has 31 heavy (non-hydrogen) atoms. The predicted octanol–water partition coefficient (Wildman–Crippen LogP) is 6.12. The number of benzene rings is 2. The molecule has 0 saturated heterocycles. The Morgan fingerprint density at radius 3 is 2.71 bits per heavy atom. The van der Waals surface area contributed by atoms with Crippen LogP contribution in [0.15, 0.2) is 46.3 Å². The lowest BCUT2D eigenvalue weighted by Crippen LogP contribution is -2.07. The third-order valence-corrected chi connectivity index (χ3v) is 6.61. The minimum Gasteiger partial charge on any atom is -0.493 e. The highest BCUT2D eigenvalue weighted by molar-refractivity contribution is 9.10. The molecule has 1 aromatic heterocycles. The van der Waals surface area contributed by atoms with Crippen molar-refractivity contribution in [2.45, 2.75) is 25.7 Å². The normalized spacial score (nSPS) is 13.1. The van der Waals surface area contributed by atoms with Crippen LogP contribution in [-0.2, 0) is 17.6 Å². The number of carbonyl (C=O) groups excluding carboxylic acids is 1. The molecule has 1 heterocycles. The number of aryl methyl sites for hydroxylation is 2. The first-order valence-electron chi connectivity index (χ1n) is 10.1. The molecule has 3 aromatic rings. The SMILES string of the molecule is COc1cc(/C=C/C(=O)Nc2nc(-c3ccc4c(c3)CCCC4)cs2)cc(Br)c1OC. The number of methoxy groups -OCH3 is 2. The Kier molecular flexibility index (Phi) is 6.73. The van der Waals surface area contributed by atoms with E-state index in [1.165, 1.54) is 41.4 Å². The Labute approximate surface area is 194 Å². The van der Waals surface area contributed by atoms with Gasteiger partial charge in [-0.15, -0.1) is 11.3 Å². The highest BCUT2D eigenvalue weighted by atomic mass is 79.9. The highest BCUT2D eigenvalue weighted by Gasteiger charge is 2.13. The third kappa shape index (κ3) is 4.99. The lowest BCUT2D eigenvalue weighted by Gasteiger charge is -2.16. The number of nitrogens with one attached hydrogen (secondary N) is 1. The van der Waals surface area contributed by atoms with Gasteiger partial charge in [0, 0.05) is 17.0 Å². The first kappa shape index (κ1) is 21.6. The second-order valence-corrected chi connectivity index (χ2v) is 9.00. The van der Waals surface area contributed by atoms with E-state index in [9.17, 15) is 4.79 Å². The summed E-state index contributed by atoms with van der Waals surface area (Å²) in [4.78, 5) is 17.0. The number of aromatic nitrogens is 1. The maximum atomic E-state index is 12.4. The van der Waals surface area contributed by atoms with Crippen molar-refractivity contribution in [2.75, 3.05) is 19.5 Å². The van der Waals surface area contributed by atoms with Gasteiger partial charge in [0.1, 0.15) is 0 Å². The Bertz CT molecular complexity index is 1140. The highest BCUT2D eigenvalue weighted by Crippen LogP contribution is 2.36. The molecule has 160 valence electrons. The zero-order valence-corrected chi connectivity index (χ0v) is 19.8. The van der Waals surface area contributed by atoms with Gasteiger partial charge in [-0.05, 0) is 82.6 Å². The van der Waals surface area contributed by atoms with Crippen LogP contribution in [0.2, 0.25) is 0 Å². The van der Waals surface area contributed by atoms with Crippen LogP contribution in [0.5, 0.6) is 11.5 Å². The van der Waals surface area contributed by atoms with Crippen molar-refractivity contribution in [1.82, 2.24) is 4.98 Å². The van der Waals surface area contributed by atoms with Crippen molar-refractivity contribution in [1.29, 1.82) is 0 Å². The van der Waals surface area contributed by atoms with E-state index >= 15 is 0 Å². The van der Waals surface area contributed by atoms with E-state index in [-0.39, 0.29) is 5.91 Å². The average Bonchev–Trinajstić information content (AvgIpc) is 3.25. The van der Waals surface area contributed by atoms with E-state index in [0.717, 1.165) is 34.1 Å². The van der Waals surface area contributed by atoms with Crippen molar-refractivity contribution >= 4 is 44.4 Å². The van der Waals surface area contributed by atoms with Crippen molar-refractivity contribution in [3.8, 4) is 22.8 Å². The molecule has 0 atom stereocenters. The molecule has 5 nitrogen and oxygen atoms in total. The number of fused-ring (bicyclic) bond motifs is 1. The number of nitrogens with zero attached hydrogens (tertiary/aromatic N) is 1. The van der Waals surface area contributed by atoms with E-state index in [1.54, 1.807) is 20.3 Å². The molecule has 0 aliphatic heterocycles. The van der Waals surface area contributed by atoms with Crippen LogP contribution in [0.3, 0.4) is 0 Å². The van der Waals surface area contributed by atoms with Gasteiger partial charge >= 0.3 is 0 Å². The van der Waals surface area contributed by atoms with Crippen LogP contribution < -0.4 is 14.8 Å². The number of carbonyl (C=O) groups is 1. The van der Waals surface area contributed by atoms with Gasteiger partial charge in [-0.3, -0.25) is 10.1 Å². The second-order valence-electron chi connectivity index (χ2n) is 7.29. The van der Waals surface area contributed by atoms with Gasteiger partial charge < -0.3 is 9.47 Å². The quantitative estimate of drug-likeness (QED) is 0.415. The number of anilines is 1. The molecule has 0 bridgehead atoms. The standard InChI is InChI=1S/C24H23BrN2O3S/c1-29-21-12-15(11-19(25)23(21)30-2)7-10-22(28)27-24-26-20(14-31-24)18-9-8-16-5-3-4-6-17(16)13-18/h7-14H,3-6H2,1-2H3,(H,26,27,28)/b10-7+. The minimum atomic E-state index is -0.239. The summed E-state index contributed by atoms with van der Waals surface area (Å²) in [6.07, 6.45) is 8.02. The lowest BCUT2D eigenvalue weighted by atomic mass is 9.90. The summed E-state index contributed by atoms with van der Waals surface area (Å²) >= 11 is 4.88. The zero-order valence-electron chi connectivity index (χ0n) is 17.4. The smallest absolute Gasteiger partial charge is 0.250 e. The maximum Gasteiger partial charge on any atom is 0.250 e. The Hall–Kier alpha value is -2.64. The van der Waals surface area contributed by atoms with Crippen LogP contribution in [0.4, 0.5) is 5.13 Å². The summed E-state index contributed by atoms with van der Waals surface area (Å²) in [6.45, 7) is 0. The number of hydrogen-bond acceptors (Lipinski definition) is 5. The van der Waals surface area contributed by atoms with E-state index in [4.69, 9.17) is 9.47 Å². The van der Waals surface area contributed by atoms with E-state index in [0.29, 0.717) is 16.6 Å². The van der Waals surface area contributed by atoms with E-state index < -0.39 is 0 Å². The summed E-state index contributed by atoms with van der Waals surface area (Å²) in [7, 11) is 3.16. The average molecular weight is 499 g/mol. The van der Waals surface area contributed by atoms with Gasteiger partial charge in [0.05, 0.1) is 24.4 Å². The van der Waals surface area contributed by atoms with Crippen molar-refractivity contribution in [3.05, 3.63) is 63.0 Å². The number of amides is 1. The second kappa shape index (κ2) is 9.66. The van der Waals surface area contributed by atoms with Crippen LogP contribution in [0, 0.1) is 0 Å². The molecule has 0 unspecified atom stereocenters. The Balaban J connectivity index is 1.44. The lowest BCUT2D eigenvalue weighted by molar-refractivity contribution is -0.111. The van der Waals surface area contributed by atoms with Gasteiger partial charge in [0.2, 0.25) is 5.91 Å². The number of hydrogen-bond donors (Lipinski definition) is 1. The van der Waals surface area contributed by atoms with Gasteiger partial charge in [-0.1, -0.05) is 12.1 Å². The largest absolute Gasteiger partial charge is 0.493 e. The molecular weight excluding hydrogens is 476 g/mol. The van der Waals surface area contributed by atoms with Gasteiger partial charge in [-0.25, -0.2) is 4.98 Å². The molecular formula is C24H23BrN2O3S. The van der Waals surface area contributed by atoms with Gasteiger partial charge in [0.25, 0.3) is 0 Å². The molecule has 0 saturated carbocycles. The summed E-state index contributed by atoms with van der Waals surface area (Å²) in [5.74, 6) is 0.963. The van der Waals surface area contributed by atoms with Crippen molar-refractivity contribution < 1.29 is 14.3 Å². The van der Waals surface area contributed by atoms with Gasteiger partial charge in [-0.2, -0.15) is 0 Å². The fourth-order valence-corrected chi connectivity index (χ4v) is 5.05. The molecule has 1 N–H and O–H groups in total. The number of thiazole rings is 1. The first-order chi connectivity index (χ1) is 15.1. The molecule has 7 heteroatoms. The molecule has 0 spiro atoms. The summed E-state index contributed by atoms with van der Waals surface area (Å²) in [6, 6.07) is 10.3. The van der Waals surface area contributed by atoms with E-state index in [1.807, 2.05) is 17.5 Å². The van der Waals surface area contributed by atoms with E-state index in [2.05, 4.69) is 44.4 Å². The van der Waals surface area contributed by atoms with Crippen LogP contribution in [-0.4, -0.2) is 25.1 Å². The molecule has 1 aliphatic carbocycles. The monoisotopic (exact) mass is 498 g/mol. The minimum absolute atomic E-state index is 0.239. The van der Waals surface area contributed by atoms with Crippen LogP contribution >= 0.6 is 27.3 Å². The number of halogens is 1. The molecule has 1 amide bonds. The summed E-state index contributed by atoms with van der Waals surface area (Å²) in [5, 5.41) is 5.41. The topological polar surface area (TPSA) is 60.5 Å². The third-order valence-electron chi connectivity index (χ3n) is 5.26. The van der Waals surface area contributed by atoms with Crippen LogP contribution in [0.1, 0.15) is 29.5 Å². The Morgan fingerprint density at radius 2 is 1.94 bits per heavy atom. The van der Waals surface area contributed by atoms with Crippen LogP contribution in [0.25, 0.3) is 17.3 Å². The fraction of sp³-hybridized carbons (Fsp3) is 0.250. The maximum absolute atomic E-state index is 12.4. The molecule has 2 aromatic carbocycles. The summed E-state index contributed by atoms with van der Waals surface area (Å²) in [5.41, 5.74) is 5.68. The number of rotatable bonds is 6. The molecule has 0 radical (unpaired) electrons. The molecule has 0 fully saturated rings. The first-order valence-corrected chi connectivity index (χ1v) is 11.7. The summed E-state index contributed by atoms with van der Waals surface area (Å²) < 4.78 is 11.4. The van der Waals surface area contributed by atoms with Crippen molar-refractivity contribution in [2.24, 2.45) is 0 Å². The Morgan fingerprint density at radius 1 is 1.13 bits per heavy atom. The zero-order chi connectivity index (χ0) is 21.8. The molecule has 1 aliphatic rings. The number of ether oxygens (including phenoxy) is 2. The fourth-order valence-electron chi connectivity index (χ4n) is 3.71. The van der Waals surface area contributed by atoms with Gasteiger partial charge in [0.15, 0.2) is 16.6 Å². The predicted molar refractivity (Wildman–Crippen MR) is 129 cm³/mol. The van der Waals surface area contributed by atoms with Crippen molar-refractivity contribution in [3.63, 3.8) is 0 Å².